The molecule has 0 aliphatic heterocycles. The molecule has 1 N–H and O–H groups in total. The van der Waals surface area contributed by atoms with Crippen molar-refractivity contribution < 1.29 is 27.8 Å². The molecule has 5 atom stereocenters. The minimum Gasteiger partial charge on any atom is -0.497 e. The standard InChI is InChI=1S/C44H76O6Si3/c1-42(2,3)51(11,12)41-35-28-37(49-52(13,14)43(4,5)6)38-39(45)32(21-19-17-18-20-26-47-29-31-22-24-33(46-10)25-23-31)27-34(36(35)30-48-41)40(38)50-53(15,16)44(7,8)9/h22-25,27,30,34,37-40,45H,17-21,26,28-29H2,1-16H3/t34-,37+,38-,39+,40-/m0/s1. The van der Waals surface area contributed by atoms with E-state index in [0.29, 0.717) is 6.61 Å². The number of benzene rings is 1. The summed E-state index contributed by atoms with van der Waals surface area (Å²) in [7, 11) is -4.82. The minimum absolute atomic E-state index is 0.0177. The number of furan rings is 1. The first-order valence-corrected chi connectivity index (χ1v) is 29.2. The zero-order valence-corrected chi connectivity index (χ0v) is 39.5. The largest absolute Gasteiger partial charge is 0.497 e. The lowest BCUT2D eigenvalue weighted by Gasteiger charge is -2.49. The number of aliphatic hydroxyl groups is 1. The van der Waals surface area contributed by atoms with Crippen LogP contribution < -0.4 is 10.1 Å². The van der Waals surface area contributed by atoms with E-state index >= 15 is 0 Å². The average molecular weight is 785 g/mol. The molecular formula is C44H76O6Si3. The summed E-state index contributed by atoms with van der Waals surface area (Å²) in [5.41, 5.74) is 4.90. The molecule has 0 saturated heterocycles. The van der Waals surface area contributed by atoms with Gasteiger partial charge < -0.3 is 27.8 Å². The van der Waals surface area contributed by atoms with Gasteiger partial charge in [-0.1, -0.05) is 106 Å². The highest BCUT2D eigenvalue weighted by atomic mass is 28.4. The van der Waals surface area contributed by atoms with Crippen LogP contribution in [-0.2, 0) is 26.6 Å². The maximum Gasteiger partial charge on any atom is 0.192 e. The van der Waals surface area contributed by atoms with Crippen LogP contribution in [0.4, 0.5) is 0 Å². The fraction of sp³-hybridized carbons (Fsp3) is 0.727. The number of hydrogen-bond donors (Lipinski definition) is 1. The van der Waals surface area contributed by atoms with Gasteiger partial charge in [0, 0.05) is 30.4 Å². The van der Waals surface area contributed by atoms with Crippen molar-refractivity contribution in [3.05, 3.63) is 58.9 Å². The number of rotatable bonds is 15. The van der Waals surface area contributed by atoms with E-state index in [1.807, 2.05) is 12.1 Å². The van der Waals surface area contributed by atoms with Crippen molar-refractivity contribution in [1.82, 2.24) is 0 Å². The fourth-order valence-corrected chi connectivity index (χ4v) is 12.0. The van der Waals surface area contributed by atoms with Crippen molar-refractivity contribution in [2.45, 2.75) is 186 Å². The summed E-state index contributed by atoms with van der Waals surface area (Å²) in [5, 5.41) is 14.0. The SMILES string of the molecule is COc1ccc(COCCCCCCC2=C[C@H]3c4coc([Si](C)(C)C(C)(C)C)c4C[C@@H](O[Si](C)(C)C(C)(C)C)[C@H]([C@H]3O[Si](C)(C)C(C)(C)C)[C@@H]2O)cc1. The molecular weight excluding hydrogens is 709 g/mol. The molecule has 300 valence electrons. The van der Waals surface area contributed by atoms with Gasteiger partial charge in [-0.3, -0.25) is 0 Å². The molecule has 0 spiro atoms. The normalized spacial score (nSPS) is 23.0. The molecule has 0 unspecified atom stereocenters. The number of fused-ring (bicyclic) bond motifs is 4. The monoisotopic (exact) mass is 784 g/mol. The minimum atomic E-state index is -2.24. The zero-order valence-electron chi connectivity index (χ0n) is 36.5. The lowest BCUT2D eigenvalue weighted by atomic mass is 9.74. The van der Waals surface area contributed by atoms with Crippen LogP contribution in [0.3, 0.4) is 0 Å². The average Bonchev–Trinajstić information content (AvgIpc) is 3.42. The van der Waals surface area contributed by atoms with Crippen molar-refractivity contribution in [2.75, 3.05) is 13.7 Å². The second-order valence-corrected chi connectivity index (χ2v) is 35.4. The van der Waals surface area contributed by atoms with Crippen molar-refractivity contribution in [3.63, 3.8) is 0 Å². The smallest absolute Gasteiger partial charge is 0.192 e. The van der Waals surface area contributed by atoms with Gasteiger partial charge in [0.05, 0.1) is 43.7 Å². The molecule has 53 heavy (non-hydrogen) atoms. The molecule has 1 aromatic heterocycles. The predicted molar refractivity (Wildman–Crippen MR) is 229 cm³/mol. The zero-order chi connectivity index (χ0) is 39.8. The molecule has 9 heteroatoms. The summed E-state index contributed by atoms with van der Waals surface area (Å²) < 4.78 is 33.0. The number of aliphatic hydroxyl groups excluding tert-OH is 1. The Morgan fingerprint density at radius 1 is 0.774 bits per heavy atom. The lowest BCUT2D eigenvalue weighted by Crippen LogP contribution is -2.56. The Kier molecular flexibility index (Phi) is 13.8. The van der Waals surface area contributed by atoms with Gasteiger partial charge in [0.15, 0.2) is 16.6 Å². The van der Waals surface area contributed by atoms with E-state index in [1.54, 1.807) is 7.11 Å². The van der Waals surface area contributed by atoms with Gasteiger partial charge in [-0.2, -0.15) is 0 Å². The second kappa shape index (κ2) is 16.6. The Hall–Kier alpha value is -1.47. The first kappa shape index (κ1) is 44.2. The van der Waals surface area contributed by atoms with Gasteiger partial charge in [-0.25, -0.2) is 0 Å². The summed E-state index contributed by atoms with van der Waals surface area (Å²) in [6.07, 6.45) is 9.42. The number of methoxy groups -OCH3 is 1. The van der Waals surface area contributed by atoms with Crippen molar-refractivity contribution in [2.24, 2.45) is 5.92 Å². The quantitative estimate of drug-likeness (QED) is 0.110. The van der Waals surface area contributed by atoms with Gasteiger partial charge >= 0.3 is 0 Å². The van der Waals surface area contributed by atoms with E-state index in [0.717, 1.165) is 62.0 Å². The first-order valence-electron chi connectivity index (χ1n) is 20.4. The molecule has 0 amide bonds. The van der Waals surface area contributed by atoms with Crippen LogP contribution in [0.15, 0.2) is 46.6 Å². The van der Waals surface area contributed by atoms with Crippen molar-refractivity contribution in [1.29, 1.82) is 0 Å². The molecule has 0 fully saturated rings. The molecule has 2 bridgehead atoms. The summed E-state index contributed by atoms with van der Waals surface area (Å²) in [4.78, 5) is 0. The van der Waals surface area contributed by atoms with Gasteiger partial charge in [-0.05, 0) is 89.4 Å². The third kappa shape index (κ3) is 9.92. The molecule has 1 heterocycles. The Bertz CT molecular complexity index is 1520. The van der Waals surface area contributed by atoms with E-state index in [-0.39, 0.29) is 39.2 Å². The van der Waals surface area contributed by atoms with Crippen LogP contribution in [0.2, 0.25) is 54.4 Å². The van der Waals surface area contributed by atoms with Gasteiger partial charge in [0.1, 0.15) is 13.8 Å². The Balaban J connectivity index is 1.64. The van der Waals surface area contributed by atoms with Crippen LogP contribution in [0.25, 0.3) is 0 Å². The van der Waals surface area contributed by atoms with Crippen LogP contribution in [0.1, 0.15) is 117 Å². The number of ether oxygens (including phenoxy) is 2. The fourth-order valence-electron chi connectivity index (χ4n) is 7.23. The predicted octanol–water partition coefficient (Wildman–Crippen LogP) is 11.5. The van der Waals surface area contributed by atoms with E-state index in [4.69, 9.17) is 22.7 Å². The lowest BCUT2D eigenvalue weighted by molar-refractivity contribution is -0.0430. The van der Waals surface area contributed by atoms with Crippen LogP contribution in [0.5, 0.6) is 5.75 Å². The Morgan fingerprint density at radius 3 is 1.92 bits per heavy atom. The van der Waals surface area contributed by atoms with Gasteiger partial charge in [0.2, 0.25) is 0 Å². The highest BCUT2D eigenvalue weighted by Crippen LogP contribution is 2.51. The van der Waals surface area contributed by atoms with Crippen molar-refractivity contribution in [3.8, 4) is 5.75 Å². The summed E-state index contributed by atoms with van der Waals surface area (Å²) in [6, 6.07) is 8.08. The van der Waals surface area contributed by atoms with Crippen molar-refractivity contribution >= 4 is 30.1 Å². The summed E-state index contributed by atoms with van der Waals surface area (Å²) in [5.74, 6) is 0.725. The third-order valence-electron chi connectivity index (χ3n) is 13.9. The first-order chi connectivity index (χ1) is 24.3. The number of unbranched alkanes of at least 4 members (excludes halogenated alkanes) is 3. The van der Waals surface area contributed by atoms with Crippen LogP contribution >= 0.6 is 0 Å². The van der Waals surface area contributed by atoms with E-state index in [9.17, 15) is 5.11 Å². The van der Waals surface area contributed by atoms with Gasteiger partial charge in [-0.15, -0.1) is 0 Å². The Labute approximate surface area is 327 Å². The summed E-state index contributed by atoms with van der Waals surface area (Å²) in [6.45, 7) is 36.7. The van der Waals surface area contributed by atoms with E-state index in [2.05, 4.69) is 126 Å². The molecule has 2 aliphatic carbocycles. The highest BCUT2D eigenvalue weighted by molar-refractivity contribution is 6.91. The third-order valence-corrected chi connectivity index (χ3v) is 28.1. The van der Waals surface area contributed by atoms with E-state index in [1.165, 1.54) is 16.5 Å². The van der Waals surface area contributed by atoms with Crippen LogP contribution in [-0.4, -0.2) is 61.8 Å². The summed E-state index contributed by atoms with van der Waals surface area (Å²) >= 11 is 0. The Morgan fingerprint density at radius 2 is 1.36 bits per heavy atom. The number of hydrogen-bond acceptors (Lipinski definition) is 6. The topological polar surface area (TPSA) is 70.3 Å². The molecule has 0 saturated carbocycles. The molecule has 1 aromatic carbocycles. The van der Waals surface area contributed by atoms with Gasteiger partial charge in [0.25, 0.3) is 0 Å². The second-order valence-electron chi connectivity index (χ2n) is 20.7. The van der Waals surface area contributed by atoms with Crippen LogP contribution in [0, 0.1) is 5.92 Å². The molecule has 4 rings (SSSR count). The maximum atomic E-state index is 12.6. The van der Waals surface area contributed by atoms with E-state index < -0.39 is 30.8 Å². The molecule has 2 aliphatic rings. The highest BCUT2D eigenvalue weighted by Gasteiger charge is 2.55. The molecule has 2 aromatic rings. The molecule has 0 radical (unpaired) electrons. The maximum absolute atomic E-state index is 12.6. The molecule has 6 nitrogen and oxygen atoms in total.